The van der Waals surface area contributed by atoms with Crippen LogP contribution in [0.3, 0.4) is 0 Å². The second kappa shape index (κ2) is 10.5. The van der Waals surface area contributed by atoms with Gasteiger partial charge in [0.15, 0.2) is 5.96 Å². The van der Waals surface area contributed by atoms with Crippen molar-refractivity contribution < 1.29 is 9.47 Å². The quantitative estimate of drug-likeness (QED) is 0.564. The van der Waals surface area contributed by atoms with E-state index in [0.717, 1.165) is 57.6 Å². The van der Waals surface area contributed by atoms with E-state index in [0.29, 0.717) is 6.04 Å². The highest BCUT2D eigenvalue weighted by atomic mass is 16.5. The number of rotatable bonds is 7. The zero-order valence-electron chi connectivity index (χ0n) is 17.6. The van der Waals surface area contributed by atoms with E-state index in [4.69, 9.17) is 9.47 Å². The number of guanidine groups is 1. The Labute approximate surface area is 169 Å². The molecule has 2 fully saturated rings. The number of anilines is 1. The lowest BCUT2D eigenvalue weighted by molar-refractivity contribution is 0.141. The van der Waals surface area contributed by atoms with Gasteiger partial charge in [-0.2, -0.15) is 0 Å². The Hall–Kier alpha value is -1.99. The predicted octanol–water partition coefficient (Wildman–Crippen LogP) is 1.50. The van der Waals surface area contributed by atoms with Crippen LogP contribution in [0.2, 0.25) is 0 Å². The van der Waals surface area contributed by atoms with Gasteiger partial charge in [0.2, 0.25) is 0 Å². The molecule has 1 aromatic carbocycles. The fourth-order valence-corrected chi connectivity index (χ4v) is 4.14. The van der Waals surface area contributed by atoms with Crippen LogP contribution in [0.1, 0.15) is 12.8 Å². The summed E-state index contributed by atoms with van der Waals surface area (Å²) in [4.78, 5) is 11.9. The van der Waals surface area contributed by atoms with Gasteiger partial charge in [-0.3, -0.25) is 9.89 Å². The molecular formula is C21H35N5O2. The van der Waals surface area contributed by atoms with E-state index in [1.165, 1.54) is 25.1 Å². The lowest BCUT2D eigenvalue weighted by Crippen LogP contribution is -2.54. The van der Waals surface area contributed by atoms with E-state index < -0.39 is 0 Å². The van der Waals surface area contributed by atoms with E-state index in [9.17, 15) is 0 Å². The molecule has 7 heteroatoms. The Kier molecular flexibility index (Phi) is 7.80. The van der Waals surface area contributed by atoms with Crippen molar-refractivity contribution >= 4 is 11.6 Å². The first-order valence-corrected chi connectivity index (χ1v) is 10.3. The molecule has 0 spiro atoms. The minimum absolute atomic E-state index is 0.576. The summed E-state index contributed by atoms with van der Waals surface area (Å²) in [5.74, 6) is 1.92. The largest absolute Gasteiger partial charge is 0.497 e. The molecule has 0 aliphatic carbocycles. The predicted molar refractivity (Wildman–Crippen MR) is 115 cm³/mol. The highest BCUT2D eigenvalue weighted by Gasteiger charge is 2.25. The van der Waals surface area contributed by atoms with E-state index in [1.54, 1.807) is 14.2 Å². The van der Waals surface area contributed by atoms with Crippen molar-refractivity contribution in [1.82, 2.24) is 15.1 Å². The molecule has 2 aliphatic rings. The Morgan fingerprint density at radius 2 is 1.86 bits per heavy atom. The summed E-state index contributed by atoms with van der Waals surface area (Å²) in [6.07, 6.45) is 2.52. The average Bonchev–Trinajstić information content (AvgIpc) is 3.20. The van der Waals surface area contributed by atoms with Gasteiger partial charge in [0, 0.05) is 65.2 Å². The maximum atomic E-state index is 5.26. The third-order valence-corrected chi connectivity index (χ3v) is 5.81. The second-order valence-electron chi connectivity index (χ2n) is 7.43. The molecule has 0 aromatic heterocycles. The lowest BCUT2D eigenvalue weighted by Gasteiger charge is -2.38. The van der Waals surface area contributed by atoms with Gasteiger partial charge in [-0.05, 0) is 43.7 Å². The van der Waals surface area contributed by atoms with Crippen LogP contribution in [0.4, 0.5) is 5.69 Å². The van der Waals surface area contributed by atoms with Crippen LogP contribution in [0.25, 0.3) is 0 Å². The fourth-order valence-electron chi connectivity index (χ4n) is 4.14. The first kappa shape index (κ1) is 20.7. The fraction of sp³-hybridized carbons (Fsp3) is 0.667. The minimum atomic E-state index is 0.576. The van der Waals surface area contributed by atoms with Gasteiger partial charge >= 0.3 is 0 Å². The highest BCUT2D eigenvalue weighted by Crippen LogP contribution is 2.21. The van der Waals surface area contributed by atoms with Crippen molar-refractivity contribution in [2.45, 2.75) is 18.9 Å². The molecule has 2 aliphatic heterocycles. The van der Waals surface area contributed by atoms with Crippen molar-refractivity contribution in [2.75, 3.05) is 78.6 Å². The van der Waals surface area contributed by atoms with Crippen LogP contribution in [0.15, 0.2) is 29.3 Å². The van der Waals surface area contributed by atoms with Gasteiger partial charge in [-0.1, -0.05) is 0 Å². The number of hydrogen-bond acceptors (Lipinski definition) is 5. The number of methoxy groups -OCH3 is 2. The molecule has 3 rings (SSSR count). The summed E-state index contributed by atoms with van der Waals surface area (Å²) in [5, 5.41) is 3.62. The zero-order valence-corrected chi connectivity index (χ0v) is 17.6. The molecular weight excluding hydrogens is 354 g/mol. The summed E-state index contributed by atoms with van der Waals surface area (Å²) >= 11 is 0. The molecule has 0 bridgehead atoms. The smallest absolute Gasteiger partial charge is 0.193 e. The standard InChI is InChI=1S/C21H35N5O2/c1-22-21(23-17-19-5-4-10-24(19)15-16-27-2)26-13-11-25(12-14-26)18-6-8-20(28-3)9-7-18/h6-9,19H,4-5,10-17H2,1-3H3,(H,22,23). The van der Waals surface area contributed by atoms with Crippen LogP contribution in [0.5, 0.6) is 5.75 Å². The maximum Gasteiger partial charge on any atom is 0.193 e. The van der Waals surface area contributed by atoms with E-state index in [1.807, 2.05) is 19.2 Å². The Morgan fingerprint density at radius 1 is 1.11 bits per heavy atom. The third-order valence-electron chi connectivity index (χ3n) is 5.81. The van der Waals surface area contributed by atoms with E-state index in [2.05, 4.69) is 37.1 Å². The zero-order chi connectivity index (χ0) is 19.8. The number of nitrogens with one attached hydrogen (secondary N) is 1. The maximum absolute atomic E-state index is 5.26. The molecule has 1 aromatic rings. The summed E-state index contributed by atoms with van der Waals surface area (Å²) in [5.41, 5.74) is 1.25. The normalized spacial score (nSPS) is 21.2. The number of likely N-dealkylation sites (tertiary alicyclic amines) is 1. The Bertz CT molecular complexity index is 614. The minimum Gasteiger partial charge on any atom is -0.497 e. The van der Waals surface area contributed by atoms with Gasteiger partial charge in [-0.15, -0.1) is 0 Å². The number of nitrogens with zero attached hydrogens (tertiary/aromatic N) is 4. The van der Waals surface area contributed by atoms with E-state index in [-0.39, 0.29) is 0 Å². The summed E-state index contributed by atoms with van der Waals surface area (Å²) in [6, 6.07) is 8.90. The van der Waals surface area contributed by atoms with Crippen molar-refractivity contribution in [2.24, 2.45) is 4.99 Å². The SMILES string of the molecule is CN=C(NCC1CCCN1CCOC)N1CCN(c2ccc(OC)cc2)CC1. The molecule has 156 valence electrons. The lowest BCUT2D eigenvalue weighted by atomic mass is 10.2. The van der Waals surface area contributed by atoms with Gasteiger partial charge in [0.1, 0.15) is 5.75 Å². The molecule has 1 N–H and O–H groups in total. The molecule has 0 amide bonds. The molecule has 1 unspecified atom stereocenters. The first-order chi connectivity index (χ1) is 13.7. The van der Waals surface area contributed by atoms with Gasteiger partial charge < -0.3 is 24.6 Å². The molecule has 2 heterocycles. The number of piperazine rings is 1. The highest BCUT2D eigenvalue weighted by molar-refractivity contribution is 5.80. The van der Waals surface area contributed by atoms with Gasteiger partial charge in [0.25, 0.3) is 0 Å². The molecule has 0 radical (unpaired) electrons. The van der Waals surface area contributed by atoms with Crippen molar-refractivity contribution in [3.63, 3.8) is 0 Å². The topological polar surface area (TPSA) is 52.6 Å². The van der Waals surface area contributed by atoms with Crippen molar-refractivity contribution in [3.05, 3.63) is 24.3 Å². The van der Waals surface area contributed by atoms with Gasteiger partial charge in [0.05, 0.1) is 13.7 Å². The molecule has 1 atom stereocenters. The van der Waals surface area contributed by atoms with Crippen LogP contribution in [-0.2, 0) is 4.74 Å². The molecule has 2 saturated heterocycles. The monoisotopic (exact) mass is 389 g/mol. The van der Waals surface area contributed by atoms with Crippen molar-refractivity contribution in [1.29, 1.82) is 0 Å². The second-order valence-corrected chi connectivity index (χ2v) is 7.43. The van der Waals surface area contributed by atoms with E-state index >= 15 is 0 Å². The van der Waals surface area contributed by atoms with Crippen LogP contribution in [-0.4, -0.2) is 95.5 Å². The third kappa shape index (κ3) is 5.29. The Morgan fingerprint density at radius 3 is 2.50 bits per heavy atom. The van der Waals surface area contributed by atoms with Gasteiger partial charge in [-0.25, -0.2) is 0 Å². The number of hydrogen-bond donors (Lipinski definition) is 1. The summed E-state index contributed by atoms with van der Waals surface area (Å²) in [6.45, 7) is 7.89. The first-order valence-electron chi connectivity index (χ1n) is 10.3. The summed E-state index contributed by atoms with van der Waals surface area (Å²) in [7, 11) is 5.36. The van der Waals surface area contributed by atoms with Crippen LogP contribution in [0, 0.1) is 0 Å². The van der Waals surface area contributed by atoms with Crippen molar-refractivity contribution in [3.8, 4) is 5.75 Å². The number of benzene rings is 1. The molecule has 0 saturated carbocycles. The average molecular weight is 390 g/mol. The number of ether oxygens (including phenoxy) is 2. The Balaban J connectivity index is 1.47. The molecule has 28 heavy (non-hydrogen) atoms. The number of aliphatic imine (C=N–C) groups is 1. The van der Waals surface area contributed by atoms with Crippen LogP contribution >= 0.6 is 0 Å². The van der Waals surface area contributed by atoms with Crippen LogP contribution < -0.4 is 15.0 Å². The summed E-state index contributed by atoms with van der Waals surface area (Å²) < 4.78 is 10.5. The molecule has 7 nitrogen and oxygen atoms in total.